The number of rotatable bonds is 5. The maximum Gasteiger partial charge on any atom is 0.242 e. The maximum atomic E-state index is 12.7. The van der Waals surface area contributed by atoms with Crippen molar-refractivity contribution in [2.24, 2.45) is 7.05 Å². The molecule has 3 heterocycles. The van der Waals surface area contributed by atoms with Gasteiger partial charge in [-0.25, -0.2) is 18.1 Å². The van der Waals surface area contributed by atoms with Gasteiger partial charge in [0.1, 0.15) is 10.5 Å². The van der Waals surface area contributed by atoms with Crippen LogP contribution in [-0.4, -0.2) is 29.5 Å². The molecule has 0 unspecified atom stereocenters. The Bertz CT molecular complexity index is 1190. The highest BCUT2D eigenvalue weighted by Gasteiger charge is 2.18. The Morgan fingerprint density at radius 3 is 2.69 bits per heavy atom. The van der Waals surface area contributed by atoms with Gasteiger partial charge in [0, 0.05) is 43.0 Å². The number of nitrogens with zero attached hydrogens (tertiary/aromatic N) is 3. The summed E-state index contributed by atoms with van der Waals surface area (Å²) in [7, 11) is -1.70. The molecule has 0 bridgehead atoms. The zero-order chi connectivity index (χ0) is 18.1. The van der Waals surface area contributed by atoms with Crippen molar-refractivity contribution >= 4 is 32.0 Å². The highest BCUT2D eigenvalue weighted by Crippen LogP contribution is 2.21. The second kappa shape index (κ2) is 6.51. The fourth-order valence-electron chi connectivity index (χ4n) is 3.18. The zero-order valence-electron chi connectivity index (χ0n) is 14.3. The summed E-state index contributed by atoms with van der Waals surface area (Å²) in [5.41, 5.74) is 2.44. The Morgan fingerprint density at radius 1 is 1.04 bits per heavy atom. The van der Waals surface area contributed by atoms with Crippen LogP contribution in [0, 0.1) is 0 Å². The maximum absolute atomic E-state index is 12.7. The molecule has 26 heavy (non-hydrogen) atoms. The van der Waals surface area contributed by atoms with Crippen LogP contribution in [0.1, 0.15) is 5.56 Å². The first-order valence-electron chi connectivity index (χ1n) is 8.28. The lowest BCUT2D eigenvalue weighted by Crippen LogP contribution is -2.26. The molecule has 0 spiro atoms. The molecular weight excluding hydrogens is 348 g/mol. The Morgan fingerprint density at radius 2 is 1.81 bits per heavy atom. The van der Waals surface area contributed by atoms with Crippen molar-refractivity contribution in [2.45, 2.75) is 11.3 Å². The normalized spacial score (nSPS) is 12.0. The average molecular weight is 366 g/mol. The van der Waals surface area contributed by atoms with Crippen LogP contribution in [0.25, 0.3) is 21.9 Å². The molecule has 0 saturated heterocycles. The predicted molar refractivity (Wildman–Crippen MR) is 101 cm³/mol. The first kappa shape index (κ1) is 16.7. The van der Waals surface area contributed by atoms with Crippen molar-refractivity contribution in [3.63, 3.8) is 0 Å². The molecule has 7 heteroatoms. The van der Waals surface area contributed by atoms with Crippen LogP contribution in [0.3, 0.4) is 0 Å². The average Bonchev–Trinajstić information content (AvgIpc) is 2.97. The number of sulfonamides is 1. The number of para-hydroxylation sites is 1. The summed E-state index contributed by atoms with van der Waals surface area (Å²) >= 11 is 0. The molecule has 0 fully saturated rings. The van der Waals surface area contributed by atoms with E-state index in [9.17, 15) is 8.42 Å². The molecule has 0 amide bonds. The van der Waals surface area contributed by atoms with Gasteiger partial charge in [0.15, 0.2) is 0 Å². The highest BCUT2D eigenvalue weighted by molar-refractivity contribution is 7.89. The summed E-state index contributed by atoms with van der Waals surface area (Å²) < 4.78 is 30.1. The van der Waals surface area contributed by atoms with Gasteiger partial charge in [0.05, 0.1) is 5.52 Å². The Kier molecular flexibility index (Phi) is 4.18. The first-order valence-corrected chi connectivity index (χ1v) is 9.77. The minimum atomic E-state index is -3.64. The molecule has 6 nitrogen and oxygen atoms in total. The topological polar surface area (TPSA) is 76.9 Å². The van der Waals surface area contributed by atoms with E-state index in [1.54, 1.807) is 30.6 Å². The van der Waals surface area contributed by atoms with Gasteiger partial charge in [-0.05, 0) is 36.2 Å². The van der Waals surface area contributed by atoms with E-state index in [1.165, 1.54) is 0 Å². The molecule has 0 aliphatic carbocycles. The van der Waals surface area contributed by atoms with Gasteiger partial charge in [0.25, 0.3) is 0 Å². The van der Waals surface area contributed by atoms with Crippen LogP contribution >= 0.6 is 0 Å². The van der Waals surface area contributed by atoms with Crippen molar-refractivity contribution in [1.29, 1.82) is 0 Å². The SMILES string of the molecule is Cn1cc(CCNS(=O)(=O)c2cccc3cccnc23)c2cccnc21. The molecule has 1 aromatic carbocycles. The van der Waals surface area contributed by atoms with Gasteiger partial charge >= 0.3 is 0 Å². The van der Waals surface area contributed by atoms with Crippen molar-refractivity contribution < 1.29 is 8.42 Å². The van der Waals surface area contributed by atoms with E-state index in [0.717, 1.165) is 22.0 Å². The van der Waals surface area contributed by atoms with Crippen LogP contribution in [0.5, 0.6) is 0 Å². The Labute approximate surface area is 151 Å². The number of hydrogen-bond donors (Lipinski definition) is 1. The van der Waals surface area contributed by atoms with Crippen molar-refractivity contribution in [1.82, 2.24) is 19.3 Å². The molecule has 0 aliphatic heterocycles. The van der Waals surface area contributed by atoms with E-state index in [1.807, 2.05) is 42.1 Å². The Balaban J connectivity index is 1.57. The molecule has 0 atom stereocenters. The second-order valence-electron chi connectivity index (χ2n) is 6.12. The summed E-state index contributed by atoms with van der Waals surface area (Å²) in [4.78, 5) is 8.79. The lowest BCUT2D eigenvalue weighted by atomic mass is 10.2. The van der Waals surface area contributed by atoms with Gasteiger partial charge in [-0.2, -0.15) is 0 Å². The van der Waals surface area contributed by atoms with Crippen molar-refractivity contribution in [2.75, 3.05) is 6.54 Å². The van der Waals surface area contributed by atoms with Gasteiger partial charge in [-0.1, -0.05) is 18.2 Å². The molecule has 4 rings (SSSR count). The van der Waals surface area contributed by atoms with E-state index in [0.29, 0.717) is 18.5 Å². The van der Waals surface area contributed by atoms with Crippen LogP contribution in [0.4, 0.5) is 0 Å². The minimum absolute atomic E-state index is 0.204. The molecule has 3 aromatic heterocycles. The third-order valence-corrected chi connectivity index (χ3v) is 5.88. The molecule has 0 aliphatic rings. The number of fused-ring (bicyclic) bond motifs is 2. The van der Waals surface area contributed by atoms with Gasteiger partial charge in [0.2, 0.25) is 10.0 Å². The number of aryl methyl sites for hydroxylation is 1. The fraction of sp³-hybridized carbons (Fsp3) is 0.158. The van der Waals surface area contributed by atoms with Gasteiger partial charge in [-0.15, -0.1) is 0 Å². The van der Waals surface area contributed by atoms with E-state index in [4.69, 9.17) is 0 Å². The predicted octanol–water partition coefficient (Wildman–Crippen LogP) is 2.64. The van der Waals surface area contributed by atoms with E-state index >= 15 is 0 Å². The highest BCUT2D eigenvalue weighted by atomic mass is 32.2. The zero-order valence-corrected chi connectivity index (χ0v) is 15.1. The summed E-state index contributed by atoms with van der Waals surface area (Å²) in [5, 5.41) is 1.84. The summed E-state index contributed by atoms with van der Waals surface area (Å²) in [5.74, 6) is 0. The van der Waals surface area contributed by atoms with Crippen LogP contribution in [-0.2, 0) is 23.5 Å². The van der Waals surface area contributed by atoms with E-state index in [2.05, 4.69) is 14.7 Å². The third kappa shape index (κ3) is 2.95. The number of pyridine rings is 2. The van der Waals surface area contributed by atoms with E-state index in [-0.39, 0.29) is 4.90 Å². The summed E-state index contributed by atoms with van der Waals surface area (Å²) in [6.45, 7) is 0.305. The minimum Gasteiger partial charge on any atom is -0.335 e. The number of nitrogens with one attached hydrogen (secondary N) is 1. The molecule has 132 valence electrons. The van der Waals surface area contributed by atoms with Crippen LogP contribution in [0.15, 0.2) is 66.0 Å². The summed E-state index contributed by atoms with van der Waals surface area (Å²) in [6.07, 6.45) is 5.93. The standard InChI is InChI=1S/C19H18N4O2S/c1-23-13-15(16-7-4-11-21-19(16)23)9-12-22-26(24,25)17-8-2-5-14-6-3-10-20-18(14)17/h2-8,10-11,13,22H,9,12H2,1H3. The quantitative estimate of drug-likeness (QED) is 0.589. The number of hydrogen-bond acceptors (Lipinski definition) is 4. The largest absolute Gasteiger partial charge is 0.335 e. The lowest BCUT2D eigenvalue weighted by molar-refractivity contribution is 0.582. The number of benzene rings is 1. The first-order chi connectivity index (χ1) is 12.6. The van der Waals surface area contributed by atoms with Crippen LogP contribution in [0.2, 0.25) is 0 Å². The van der Waals surface area contributed by atoms with Gasteiger partial charge in [-0.3, -0.25) is 4.98 Å². The second-order valence-corrected chi connectivity index (χ2v) is 7.85. The molecular formula is C19H18N4O2S. The lowest BCUT2D eigenvalue weighted by Gasteiger charge is -2.08. The molecule has 1 N–H and O–H groups in total. The molecule has 4 aromatic rings. The fourth-order valence-corrected chi connectivity index (χ4v) is 4.39. The third-order valence-electron chi connectivity index (χ3n) is 4.39. The summed E-state index contributed by atoms with van der Waals surface area (Å²) in [6, 6.07) is 12.7. The monoisotopic (exact) mass is 366 g/mol. The smallest absolute Gasteiger partial charge is 0.242 e. The molecule has 0 saturated carbocycles. The van der Waals surface area contributed by atoms with Crippen LogP contribution < -0.4 is 4.72 Å². The van der Waals surface area contributed by atoms with Crippen molar-refractivity contribution in [3.8, 4) is 0 Å². The van der Waals surface area contributed by atoms with Crippen molar-refractivity contribution in [3.05, 3.63) is 66.6 Å². The molecule has 0 radical (unpaired) electrons. The Hall–Kier alpha value is -2.77. The number of aromatic nitrogens is 3. The van der Waals surface area contributed by atoms with E-state index < -0.39 is 10.0 Å². The van der Waals surface area contributed by atoms with Gasteiger partial charge < -0.3 is 4.57 Å².